The summed E-state index contributed by atoms with van der Waals surface area (Å²) in [5.41, 5.74) is 1.20. The molecule has 0 N–H and O–H groups in total. The Labute approximate surface area is 121 Å². The molecule has 108 valence electrons. The minimum Gasteiger partial charge on any atom is -0.297 e. The number of hydrogen-bond donors (Lipinski definition) is 0. The van der Waals surface area contributed by atoms with Crippen LogP contribution in [-0.4, -0.2) is 33.6 Å². The van der Waals surface area contributed by atoms with Crippen molar-refractivity contribution in [3.63, 3.8) is 0 Å². The standard InChI is InChI=1S/C15H26ClN3/c1-3-15(4-2)19-9-7-14(17-19)12-18-8-5-6-13(10-16)11-18/h7,9,13,15H,3-6,8,10-12H2,1-2H3. The van der Waals surface area contributed by atoms with Gasteiger partial charge in [-0.15, -0.1) is 11.6 Å². The van der Waals surface area contributed by atoms with Crippen LogP contribution < -0.4 is 0 Å². The number of nitrogens with zero attached hydrogens (tertiary/aromatic N) is 3. The van der Waals surface area contributed by atoms with Gasteiger partial charge in [0.2, 0.25) is 0 Å². The Balaban J connectivity index is 1.92. The summed E-state index contributed by atoms with van der Waals surface area (Å²) >= 11 is 5.99. The molecule has 0 saturated carbocycles. The molecule has 2 rings (SSSR count). The number of piperidine rings is 1. The lowest BCUT2D eigenvalue weighted by molar-refractivity contribution is 0.175. The molecule has 1 unspecified atom stereocenters. The molecule has 1 atom stereocenters. The van der Waals surface area contributed by atoms with Gasteiger partial charge in [0.15, 0.2) is 0 Å². The number of likely N-dealkylation sites (tertiary alicyclic amines) is 1. The molecule has 1 aliphatic rings. The van der Waals surface area contributed by atoms with E-state index in [1.807, 2.05) is 0 Å². The third kappa shape index (κ3) is 3.96. The van der Waals surface area contributed by atoms with Crippen LogP contribution in [-0.2, 0) is 6.54 Å². The van der Waals surface area contributed by atoms with Gasteiger partial charge >= 0.3 is 0 Å². The predicted molar refractivity (Wildman–Crippen MR) is 80.6 cm³/mol. The quantitative estimate of drug-likeness (QED) is 0.743. The van der Waals surface area contributed by atoms with Crippen LogP contribution in [0.15, 0.2) is 12.3 Å². The average molecular weight is 284 g/mol. The maximum absolute atomic E-state index is 5.99. The lowest BCUT2D eigenvalue weighted by atomic mass is 10.00. The Morgan fingerprint density at radius 1 is 1.42 bits per heavy atom. The Hall–Kier alpha value is -0.540. The Morgan fingerprint density at radius 2 is 2.21 bits per heavy atom. The van der Waals surface area contributed by atoms with E-state index < -0.39 is 0 Å². The fraction of sp³-hybridized carbons (Fsp3) is 0.800. The van der Waals surface area contributed by atoms with Crippen molar-refractivity contribution in [2.45, 2.75) is 52.1 Å². The molecule has 0 bridgehead atoms. The summed E-state index contributed by atoms with van der Waals surface area (Å²) in [5.74, 6) is 1.45. The van der Waals surface area contributed by atoms with Crippen molar-refractivity contribution in [3.8, 4) is 0 Å². The molecular formula is C15H26ClN3. The van der Waals surface area contributed by atoms with E-state index >= 15 is 0 Å². The molecule has 19 heavy (non-hydrogen) atoms. The molecule has 0 radical (unpaired) electrons. The number of alkyl halides is 1. The van der Waals surface area contributed by atoms with E-state index in [0.717, 1.165) is 31.8 Å². The first kappa shape index (κ1) is 14.9. The topological polar surface area (TPSA) is 21.1 Å². The van der Waals surface area contributed by atoms with Gasteiger partial charge in [0.25, 0.3) is 0 Å². The van der Waals surface area contributed by atoms with E-state index in [2.05, 4.69) is 35.7 Å². The van der Waals surface area contributed by atoms with Crippen LogP contribution in [0.25, 0.3) is 0 Å². The lowest BCUT2D eigenvalue weighted by Gasteiger charge is -2.31. The van der Waals surface area contributed by atoms with Crippen molar-refractivity contribution in [3.05, 3.63) is 18.0 Å². The summed E-state index contributed by atoms with van der Waals surface area (Å²) in [4.78, 5) is 2.50. The summed E-state index contributed by atoms with van der Waals surface area (Å²) in [6.45, 7) is 7.74. The molecule has 4 heteroatoms. The highest BCUT2D eigenvalue weighted by Crippen LogP contribution is 2.20. The van der Waals surface area contributed by atoms with Gasteiger partial charge in [-0.1, -0.05) is 13.8 Å². The fourth-order valence-electron chi connectivity index (χ4n) is 2.98. The second kappa shape index (κ2) is 7.30. The van der Waals surface area contributed by atoms with Gasteiger partial charge in [0.1, 0.15) is 0 Å². The van der Waals surface area contributed by atoms with Crippen LogP contribution in [0.3, 0.4) is 0 Å². The van der Waals surface area contributed by atoms with Crippen LogP contribution in [0.4, 0.5) is 0 Å². The highest BCUT2D eigenvalue weighted by Gasteiger charge is 2.20. The van der Waals surface area contributed by atoms with E-state index in [9.17, 15) is 0 Å². The molecule has 1 saturated heterocycles. The number of halogens is 1. The molecule has 1 fully saturated rings. The van der Waals surface area contributed by atoms with Gasteiger partial charge in [0, 0.05) is 25.2 Å². The number of rotatable bonds is 6. The van der Waals surface area contributed by atoms with Crippen LogP contribution in [0.2, 0.25) is 0 Å². The molecule has 1 aromatic heterocycles. The second-order valence-corrected chi connectivity index (χ2v) is 5.96. The SMILES string of the molecule is CCC(CC)n1ccc(CN2CCCC(CCl)C2)n1. The van der Waals surface area contributed by atoms with E-state index in [1.165, 1.54) is 25.1 Å². The highest BCUT2D eigenvalue weighted by molar-refractivity contribution is 6.18. The van der Waals surface area contributed by atoms with Crippen molar-refractivity contribution < 1.29 is 0 Å². The first-order valence-electron chi connectivity index (χ1n) is 7.59. The van der Waals surface area contributed by atoms with Crippen LogP contribution >= 0.6 is 11.6 Å². The molecular weight excluding hydrogens is 258 g/mol. The van der Waals surface area contributed by atoms with Gasteiger partial charge < -0.3 is 0 Å². The van der Waals surface area contributed by atoms with Gasteiger partial charge in [-0.3, -0.25) is 9.58 Å². The first-order valence-corrected chi connectivity index (χ1v) is 8.12. The molecule has 1 aromatic rings. The second-order valence-electron chi connectivity index (χ2n) is 5.66. The predicted octanol–water partition coefficient (Wildman–Crippen LogP) is 3.70. The minimum atomic E-state index is 0.547. The first-order chi connectivity index (χ1) is 9.26. The summed E-state index contributed by atoms with van der Waals surface area (Å²) in [6, 6.07) is 2.72. The van der Waals surface area contributed by atoms with Crippen LogP contribution in [0.1, 0.15) is 51.3 Å². The zero-order chi connectivity index (χ0) is 13.7. The van der Waals surface area contributed by atoms with Crippen molar-refractivity contribution in [1.82, 2.24) is 14.7 Å². The van der Waals surface area contributed by atoms with Crippen LogP contribution in [0.5, 0.6) is 0 Å². The third-order valence-electron chi connectivity index (χ3n) is 4.19. The van der Waals surface area contributed by atoms with Crippen LogP contribution in [0, 0.1) is 5.92 Å². The summed E-state index contributed by atoms with van der Waals surface area (Å²) < 4.78 is 2.14. The van der Waals surface area contributed by atoms with Gasteiger partial charge in [0.05, 0.1) is 11.7 Å². The molecule has 0 aliphatic carbocycles. The third-order valence-corrected chi connectivity index (χ3v) is 4.62. The lowest BCUT2D eigenvalue weighted by Crippen LogP contribution is -2.35. The summed E-state index contributed by atoms with van der Waals surface area (Å²) in [5, 5.41) is 4.74. The van der Waals surface area contributed by atoms with Crippen molar-refractivity contribution in [1.29, 1.82) is 0 Å². The maximum Gasteiger partial charge on any atom is 0.0764 e. The molecule has 2 heterocycles. The highest BCUT2D eigenvalue weighted by atomic mass is 35.5. The van der Waals surface area contributed by atoms with Gasteiger partial charge in [-0.25, -0.2) is 0 Å². The zero-order valence-electron chi connectivity index (χ0n) is 12.2. The molecule has 0 amide bonds. The van der Waals surface area contributed by atoms with Crippen molar-refractivity contribution in [2.75, 3.05) is 19.0 Å². The molecule has 3 nitrogen and oxygen atoms in total. The Morgan fingerprint density at radius 3 is 2.89 bits per heavy atom. The fourth-order valence-corrected chi connectivity index (χ4v) is 3.23. The summed E-state index contributed by atoms with van der Waals surface area (Å²) in [7, 11) is 0. The van der Waals surface area contributed by atoms with E-state index in [0.29, 0.717) is 12.0 Å². The van der Waals surface area contributed by atoms with Gasteiger partial charge in [-0.05, 0) is 44.2 Å². The monoisotopic (exact) mass is 283 g/mol. The maximum atomic E-state index is 5.99. The number of aromatic nitrogens is 2. The smallest absolute Gasteiger partial charge is 0.0764 e. The van der Waals surface area contributed by atoms with Crippen molar-refractivity contribution >= 4 is 11.6 Å². The van der Waals surface area contributed by atoms with Crippen molar-refractivity contribution in [2.24, 2.45) is 5.92 Å². The Kier molecular flexibility index (Phi) is 5.71. The van der Waals surface area contributed by atoms with E-state index in [1.54, 1.807) is 0 Å². The largest absolute Gasteiger partial charge is 0.297 e. The minimum absolute atomic E-state index is 0.547. The van der Waals surface area contributed by atoms with E-state index in [4.69, 9.17) is 16.7 Å². The molecule has 1 aliphatic heterocycles. The summed E-state index contributed by atoms with van der Waals surface area (Å²) in [6.07, 6.45) is 6.98. The number of hydrogen-bond acceptors (Lipinski definition) is 2. The average Bonchev–Trinajstić information content (AvgIpc) is 2.89. The Bertz CT molecular complexity index is 373. The molecule has 0 spiro atoms. The van der Waals surface area contributed by atoms with E-state index in [-0.39, 0.29) is 0 Å². The molecule has 0 aromatic carbocycles. The zero-order valence-corrected chi connectivity index (χ0v) is 12.9. The van der Waals surface area contributed by atoms with Gasteiger partial charge in [-0.2, -0.15) is 5.10 Å². The normalized spacial score (nSPS) is 21.2.